The van der Waals surface area contributed by atoms with Crippen molar-refractivity contribution in [1.29, 1.82) is 0 Å². The van der Waals surface area contributed by atoms with Gasteiger partial charge in [0.25, 0.3) is 11.5 Å². The summed E-state index contributed by atoms with van der Waals surface area (Å²) in [6.45, 7) is 0.277. The first-order chi connectivity index (χ1) is 14.9. The van der Waals surface area contributed by atoms with Crippen molar-refractivity contribution in [3.8, 4) is 5.69 Å². The quantitative estimate of drug-likeness (QED) is 0.547. The van der Waals surface area contributed by atoms with Crippen LogP contribution in [0.4, 0.5) is 8.78 Å². The van der Waals surface area contributed by atoms with Gasteiger partial charge in [-0.1, -0.05) is 24.3 Å². The largest absolute Gasteiger partial charge is 0.385 e. The van der Waals surface area contributed by atoms with Crippen LogP contribution in [-0.2, 0) is 11.3 Å². The lowest BCUT2D eigenvalue weighted by molar-refractivity contribution is 0.0938. The van der Waals surface area contributed by atoms with Crippen LogP contribution in [0.1, 0.15) is 22.5 Å². The van der Waals surface area contributed by atoms with E-state index in [9.17, 15) is 23.2 Å². The lowest BCUT2D eigenvalue weighted by Gasteiger charge is -2.13. The summed E-state index contributed by atoms with van der Waals surface area (Å²) in [5.74, 6) is -2.14. The predicted molar refractivity (Wildman–Crippen MR) is 108 cm³/mol. The van der Waals surface area contributed by atoms with Crippen LogP contribution in [0.5, 0.6) is 0 Å². The first-order valence-electron chi connectivity index (χ1n) is 9.43. The Morgan fingerprint density at radius 1 is 1.13 bits per heavy atom. The molecule has 0 unspecified atom stereocenters. The second-order valence-electron chi connectivity index (χ2n) is 6.62. The molecule has 0 aliphatic rings. The van der Waals surface area contributed by atoms with Crippen LogP contribution in [0.15, 0.2) is 58.1 Å². The lowest BCUT2D eigenvalue weighted by atomic mass is 10.2. The van der Waals surface area contributed by atoms with E-state index in [1.54, 1.807) is 0 Å². The third-order valence-corrected chi connectivity index (χ3v) is 4.40. The monoisotopic (exact) mass is 430 g/mol. The second-order valence-corrected chi connectivity index (χ2v) is 6.62. The fourth-order valence-electron chi connectivity index (χ4n) is 2.90. The van der Waals surface area contributed by atoms with Gasteiger partial charge in [-0.2, -0.15) is 9.78 Å². The molecule has 0 saturated carbocycles. The highest BCUT2D eigenvalue weighted by Gasteiger charge is 2.21. The van der Waals surface area contributed by atoms with Crippen LogP contribution in [0.2, 0.25) is 0 Å². The van der Waals surface area contributed by atoms with Crippen LogP contribution in [-0.4, -0.2) is 40.5 Å². The molecule has 31 heavy (non-hydrogen) atoms. The molecule has 10 heteroatoms. The van der Waals surface area contributed by atoms with Crippen LogP contribution < -0.4 is 16.6 Å². The Balaban J connectivity index is 2.11. The first-order valence-corrected chi connectivity index (χ1v) is 9.43. The van der Waals surface area contributed by atoms with E-state index in [1.807, 2.05) is 0 Å². The van der Waals surface area contributed by atoms with Gasteiger partial charge in [-0.25, -0.2) is 13.6 Å². The number of benzene rings is 2. The number of aromatic nitrogens is 3. The molecule has 0 saturated heterocycles. The lowest BCUT2D eigenvalue weighted by Crippen LogP contribution is -2.46. The molecule has 0 fully saturated rings. The summed E-state index contributed by atoms with van der Waals surface area (Å²) < 4.78 is 34.2. The number of amides is 1. The standard InChI is InChI=1S/C21H20F2N4O4/c1-31-11-5-10-24-19(28)18-20(29)26(13-14-6-4-7-15(22)12-14)21(30)27(25-18)17-9-3-2-8-16(17)23/h2-4,6-9,12H,5,10-11,13H2,1H3,(H,24,28). The van der Waals surface area contributed by atoms with Gasteiger partial charge in [-0.05, 0) is 36.2 Å². The Labute approximate surface area is 175 Å². The smallest absolute Gasteiger partial charge is 0.352 e. The van der Waals surface area contributed by atoms with E-state index in [2.05, 4.69) is 10.4 Å². The van der Waals surface area contributed by atoms with Crippen LogP contribution in [0.25, 0.3) is 5.69 Å². The van der Waals surface area contributed by atoms with E-state index < -0.39 is 34.5 Å². The number of hydrogen-bond acceptors (Lipinski definition) is 5. The number of nitrogens with one attached hydrogen (secondary N) is 1. The van der Waals surface area contributed by atoms with E-state index in [0.717, 1.165) is 16.7 Å². The molecule has 3 aromatic rings. The van der Waals surface area contributed by atoms with Crippen LogP contribution in [0.3, 0.4) is 0 Å². The fraction of sp³-hybridized carbons (Fsp3) is 0.238. The van der Waals surface area contributed by atoms with Crippen molar-refractivity contribution in [1.82, 2.24) is 19.7 Å². The van der Waals surface area contributed by atoms with E-state index in [-0.39, 0.29) is 18.8 Å². The Hall–Kier alpha value is -3.66. The van der Waals surface area contributed by atoms with Gasteiger partial charge < -0.3 is 10.1 Å². The molecule has 1 amide bonds. The maximum absolute atomic E-state index is 14.3. The summed E-state index contributed by atoms with van der Waals surface area (Å²) in [5, 5.41) is 6.36. The molecule has 0 bridgehead atoms. The van der Waals surface area contributed by atoms with Gasteiger partial charge in [0.15, 0.2) is 0 Å². The first kappa shape index (κ1) is 22.0. The number of methoxy groups -OCH3 is 1. The maximum atomic E-state index is 14.3. The van der Waals surface area contributed by atoms with E-state index in [0.29, 0.717) is 23.3 Å². The van der Waals surface area contributed by atoms with Gasteiger partial charge in [0, 0.05) is 20.3 Å². The highest BCUT2D eigenvalue weighted by molar-refractivity contribution is 5.91. The molecule has 162 valence electrons. The molecule has 0 aliphatic heterocycles. The van der Waals surface area contributed by atoms with Crippen LogP contribution in [0, 0.1) is 11.6 Å². The number of rotatable bonds is 8. The zero-order valence-electron chi connectivity index (χ0n) is 16.7. The topological polar surface area (TPSA) is 95.2 Å². The van der Waals surface area contributed by atoms with Crippen molar-refractivity contribution in [3.05, 3.63) is 92.3 Å². The van der Waals surface area contributed by atoms with Gasteiger partial charge in [0.2, 0.25) is 5.69 Å². The number of halogens is 2. The summed E-state index contributed by atoms with van der Waals surface area (Å²) in [5.41, 5.74) is -2.43. The summed E-state index contributed by atoms with van der Waals surface area (Å²) >= 11 is 0. The minimum atomic E-state index is -0.967. The van der Waals surface area contributed by atoms with E-state index >= 15 is 0 Å². The van der Waals surface area contributed by atoms with Gasteiger partial charge in [0.05, 0.1) is 6.54 Å². The number of hydrogen-bond donors (Lipinski definition) is 1. The van der Waals surface area contributed by atoms with Crippen molar-refractivity contribution in [2.24, 2.45) is 0 Å². The van der Waals surface area contributed by atoms with Gasteiger partial charge in [-0.3, -0.25) is 14.2 Å². The Morgan fingerprint density at radius 2 is 1.90 bits per heavy atom. The fourth-order valence-corrected chi connectivity index (χ4v) is 2.90. The zero-order chi connectivity index (χ0) is 22.4. The van der Waals surface area contributed by atoms with E-state index in [4.69, 9.17) is 4.74 Å². The van der Waals surface area contributed by atoms with Crippen molar-refractivity contribution >= 4 is 5.91 Å². The van der Waals surface area contributed by atoms with Crippen molar-refractivity contribution in [2.75, 3.05) is 20.3 Å². The third kappa shape index (κ3) is 5.10. The van der Waals surface area contributed by atoms with Crippen LogP contribution >= 0.6 is 0 Å². The Kier molecular flexibility index (Phi) is 7.03. The highest BCUT2D eigenvalue weighted by atomic mass is 19.1. The summed E-state index contributed by atoms with van der Waals surface area (Å²) in [6.07, 6.45) is 0.493. The van der Waals surface area contributed by atoms with Gasteiger partial charge >= 0.3 is 5.69 Å². The SMILES string of the molecule is COCCCNC(=O)c1nn(-c2ccccc2F)c(=O)n(Cc2cccc(F)c2)c1=O. The Morgan fingerprint density at radius 3 is 2.61 bits per heavy atom. The van der Waals surface area contributed by atoms with Crippen molar-refractivity contribution < 1.29 is 18.3 Å². The zero-order valence-corrected chi connectivity index (χ0v) is 16.7. The normalized spacial score (nSPS) is 10.8. The number of carbonyl (C=O) groups excluding carboxylic acids is 1. The van der Waals surface area contributed by atoms with Crippen molar-refractivity contribution in [2.45, 2.75) is 13.0 Å². The number of carbonyl (C=O) groups is 1. The second kappa shape index (κ2) is 9.90. The molecule has 0 atom stereocenters. The molecule has 8 nitrogen and oxygen atoms in total. The average Bonchev–Trinajstić information content (AvgIpc) is 2.75. The summed E-state index contributed by atoms with van der Waals surface area (Å²) in [4.78, 5) is 38.4. The maximum Gasteiger partial charge on any atom is 0.352 e. The predicted octanol–water partition coefficient (Wildman–Crippen LogP) is 1.49. The number of para-hydroxylation sites is 1. The molecule has 1 aromatic heterocycles. The van der Waals surface area contributed by atoms with E-state index in [1.165, 1.54) is 43.5 Å². The molecule has 0 aliphatic carbocycles. The summed E-state index contributed by atoms with van der Waals surface area (Å²) in [7, 11) is 1.51. The molecule has 2 aromatic carbocycles. The summed E-state index contributed by atoms with van der Waals surface area (Å²) in [6, 6.07) is 10.6. The van der Waals surface area contributed by atoms with Gasteiger partial charge in [0.1, 0.15) is 17.3 Å². The molecule has 1 N–H and O–H groups in total. The molecular weight excluding hydrogens is 410 g/mol. The number of nitrogens with zero attached hydrogens (tertiary/aromatic N) is 3. The molecule has 0 radical (unpaired) electrons. The van der Waals surface area contributed by atoms with Gasteiger partial charge in [-0.15, -0.1) is 0 Å². The minimum Gasteiger partial charge on any atom is -0.385 e. The molecule has 3 rings (SSSR count). The Bertz CT molecular complexity index is 1210. The molecular formula is C21H20F2N4O4. The molecule has 1 heterocycles. The third-order valence-electron chi connectivity index (χ3n) is 4.40. The van der Waals surface area contributed by atoms with Crippen molar-refractivity contribution in [3.63, 3.8) is 0 Å². The highest BCUT2D eigenvalue weighted by Crippen LogP contribution is 2.09. The molecule has 0 spiro atoms. The minimum absolute atomic E-state index is 0.205. The number of ether oxygens (including phenoxy) is 1. The average molecular weight is 430 g/mol.